The summed E-state index contributed by atoms with van der Waals surface area (Å²) in [5.41, 5.74) is 0. The SMILES string of the molecule is CCCCCCCCCCCCCCCCCCC/C=C/CC/C=C/C(O)C(COC1OC(CO)C(OC2OC(CO)C(OC3OC(CO)C(O)C(O)C3O)C(O)C2O)C(O)C1O)NC(=O)CCCCCCCCCCCCCCCCCCCCCCCCCCCCCCCCCCCCCCCCCC. The van der Waals surface area contributed by atoms with Crippen molar-refractivity contribution in [3.8, 4) is 0 Å². The normalized spacial score (nSPS) is 25.4. The number of ether oxygens (including phenoxy) is 6. The number of carbonyl (C=O) groups excluding carboxylic acids is 1. The summed E-state index contributed by atoms with van der Waals surface area (Å²) in [6.45, 7) is 1.79. The predicted octanol–water partition coefficient (Wildman–Crippen LogP) is 17.2. The summed E-state index contributed by atoms with van der Waals surface area (Å²) in [6.07, 6.45) is 60.8. The maximum Gasteiger partial charge on any atom is 0.220 e. The van der Waals surface area contributed by atoms with Crippen molar-refractivity contribution in [2.75, 3.05) is 26.4 Å². The van der Waals surface area contributed by atoms with Gasteiger partial charge in [-0.3, -0.25) is 4.79 Å². The van der Waals surface area contributed by atoms with Gasteiger partial charge in [0.05, 0.1) is 38.6 Å². The molecule has 3 heterocycles. The predicted molar refractivity (Wildman–Crippen MR) is 434 cm³/mol. The van der Waals surface area contributed by atoms with E-state index < -0.39 is 124 Å². The molecule has 638 valence electrons. The number of rotatable bonds is 75. The van der Waals surface area contributed by atoms with Crippen molar-refractivity contribution in [1.29, 1.82) is 0 Å². The molecule has 0 radical (unpaired) electrons. The molecule has 0 aromatic carbocycles. The van der Waals surface area contributed by atoms with Crippen LogP contribution in [0, 0.1) is 0 Å². The van der Waals surface area contributed by atoms with Gasteiger partial charge in [-0.1, -0.05) is 391 Å². The summed E-state index contributed by atoms with van der Waals surface area (Å²) in [5.74, 6) is -0.276. The van der Waals surface area contributed by atoms with Crippen LogP contribution in [-0.4, -0.2) is 193 Å². The fourth-order valence-corrected chi connectivity index (χ4v) is 15.7. The van der Waals surface area contributed by atoms with Crippen LogP contribution in [0.25, 0.3) is 0 Å². The zero-order chi connectivity index (χ0) is 78.1. The maximum absolute atomic E-state index is 13.5. The van der Waals surface area contributed by atoms with Crippen molar-refractivity contribution in [3.63, 3.8) is 0 Å². The Bertz CT molecular complexity index is 2040. The smallest absolute Gasteiger partial charge is 0.220 e. The van der Waals surface area contributed by atoms with E-state index >= 15 is 0 Å². The van der Waals surface area contributed by atoms with Gasteiger partial charge in [-0.25, -0.2) is 0 Å². The third-order valence-electron chi connectivity index (χ3n) is 23.0. The van der Waals surface area contributed by atoms with E-state index in [1.807, 2.05) is 6.08 Å². The summed E-state index contributed by atoms with van der Waals surface area (Å²) >= 11 is 0. The minimum atomic E-state index is -1.98. The van der Waals surface area contributed by atoms with E-state index in [-0.39, 0.29) is 18.9 Å². The Morgan fingerprint density at radius 3 is 0.926 bits per heavy atom. The molecule has 3 fully saturated rings. The average molecular weight is 1540 g/mol. The number of carbonyl (C=O) groups is 1. The zero-order valence-corrected chi connectivity index (χ0v) is 68.9. The Hall–Kier alpha value is -1.73. The van der Waals surface area contributed by atoms with Crippen LogP contribution in [0.1, 0.15) is 406 Å². The Kier molecular flexibility index (Phi) is 64.7. The van der Waals surface area contributed by atoms with Crippen LogP contribution < -0.4 is 5.32 Å². The summed E-state index contributed by atoms with van der Waals surface area (Å²) in [7, 11) is 0. The average Bonchev–Trinajstić information content (AvgIpc) is 0.778. The molecular formula is C89H169NO18. The van der Waals surface area contributed by atoms with Crippen molar-refractivity contribution in [3.05, 3.63) is 24.3 Å². The van der Waals surface area contributed by atoms with Crippen molar-refractivity contribution in [2.45, 2.75) is 510 Å². The van der Waals surface area contributed by atoms with E-state index in [0.717, 1.165) is 38.5 Å². The number of allylic oxidation sites excluding steroid dienone is 3. The molecule has 0 saturated carbocycles. The molecule has 0 aromatic heterocycles. The lowest BCUT2D eigenvalue weighted by Gasteiger charge is -2.48. The van der Waals surface area contributed by atoms with Crippen molar-refractivity contribution in [2.24, 2.45) is 0 Å². The molecule has 0 aromatic rings. The van der Waals surface area contributed by atoms with Gasteiger partial charge in [0.15, 0.2) is 18.9 Å². The minimum absolute atomic E-state index is 0.241. The lowest BCUT2D eigenvalue weighted by molar-refractivity contribution is -0.379. The third-order valence-corrected chi connectivity index (χ3v) is 23.0. The molecule has 3 aliphatic heterocycles. The third kappa shape index (κ3) is 48.0. The lowest BCUT2D eigenvalue weighted by Crippen LogP contribution is -2.66. The topological polar surface area (TPSA) is 307 Å². The van der Waals surface area contributed by atoms with Crippen LogP contribution in [0.2, 0.25) is 0 Å². The quantitative estimate of drug-likeness (QED) is 0.0199. The van der Waals surface area contributed by atoms with E-state index in [0.29, 0.717) is 12.8 Å². The van der Waals surface area contributed by atoms with E-state index in [1.54, 1.807) is 6.08 Å². The fourth-order valence-electron chi connectivity index (χ4n) is 15.7. The number of hydrogen-bond donors (Lipinski definition) is 12. The van der Waals surface area contributed by atoms with Crippen LogP contribution in [0.5, 0.6) is 0 Å². The first-order valence-corrected chi connectivity index (χ1v) is 45.6. The molecule has 0 aliphatic carbocycles. The Morgan fingerprint density at radius 2 is 0.593 bits per heavy atom. The van der Waals surface area contributed by atoms with E-state index in [2.05, 4.69) is 31.3 Å². The Morgan fingerprint density at radius 1 is 0.324 bits per heavy atom. The monoisotopic (exact) mass is 1540 g/mol. The molecule has 0 spiro atoms. The molecule has 1 amide bonds. The molecule has 19 heteroatoms. The van der Waals surface area contributed by atoms with Crippen LogP contribution in [0.15, 0.2) is 24.3 Å². The van der Waals surface area contributed by atoms with E-state index in [1.165, 1.54) is 334 Å². The molecule has 3 saturated heterocycles. The highest BCUT2D eigenvalue weighted by Crippen LogP contribution is 2.34. The Labute approximate surface area is 658 Å². The van der Waals surface area contributed by atoms with E-state index in [9.17, 15) is 61.0 Å². The fraction of sp³-hybridized carbons (Fsp3) is 0.944. The van der Waals surface area contributed by atoms with Gasteiger partial charge in [0.2, 0.25) is 5.91 Å². The summed E-state index contributed by atoms with van der Waals surface area (Å²) in [4.78, 5) is 13.5. The van der Waals surface area contributed by atoms with Crippen molar-refractivity contribution in [1.82, 2.24) is 5.32 Å². The second-order valence-corrected chi connectivity index (χ2v) is 32.8. The summed E-state index contributed by atoms with van der Waals surface area (Å²) in [5, 5.41) is 121. The number of aliphatic hydroxyl groups is 11. The van der Waals surface area contributed by atoms with Gasteiger partial charge in [-0.2, -0.15) is 0 Å². The highest BCUT2D eigenvalue weighted by molar-refractivity contribution is 5.76. The van der Waals surface area contributed by atoms with E-state index in [4.69, 9.17) is 28.4 Å². The largest absolute Gasteiger partial charge is 0.394 e. The second-order valence-electron chi connectivity index (χ2n) is 32.8. The first-order chi connectivity index (χ1) is 52.8. The minimum Gasteiger partial charge on any atom is -0.394 e. The van der Waals surface area contributed by atoms with Crippen LogP contribution in [0.4, 0.5) is 0 Å². The highest BCUT2D eigenvalue weighted by atomic mass is 16.8. The first kappa shape index (κ1) is 100. The van der Waals surface area contributed by atoms with Crippen LogP contribution in [-0.2, 0) is 33.2 Å². The maximum atomic E-state index is 13.5. The highest BCUT2D eigenvalue weighted by Gasteiger charge is 2.54. The number of nitrogens with one attached hydrogen (secondary N) is 1. The summed E-state index contributed by atoms with van der Waals surface area (Å²) < 4.78 is 34.5. The van der Waals surface area contributed by atoms with Crippen LogP contribution >= 0.6 is 0 Å². The molecule has 19 nitrogen and oxygen atoms in total. The molecule has 3 rings (SSSR count). The molecule has 17 unspecified atom stereocenters. The molecular weight excluding hydrogens is 1370 g/mol. The van der Waals surface area contributed by atoms with Crippen LogP contribution in [0.3, 0.4) is 0 Å². The van der Waals surface area contributed by atoms with Gasteiger partial charge in [0.25, 0.3) is 0 Å². The van der Waals surface area contributed by atoms with Gasteiger partial charge in [-0.15, -0.1) is 0 Å². The standard InChI is InChI=1S/C89H169NO18/c1-3-5-7-9-11-13-15-17-19-21-23-25-27-28-29-30-31-32-33-34-35-36-37-38-39-40-41-42-43-45-47-49-51-53-55-57-59-61-63-65-67-77(95)90-72(73(94)66-64-62-60-58-56-54-52-50-48-46-44-26-24-22-20-18-16-14-12-10-8-6-4-2)71-103-87-83(101)80(98)85(75(69-92)105-87)108-89-84(102)81(99)86(76(70-93)106-89)107-88-82(100)79(97)78(96)74(68-91)104-88/h56,58,64,66,72-76,78-89,91-94,96-102H,3-55,57,59-63,65,67-71H2,1-2H3,(H,90,95)/b58-56+,66-64+. The van der Waals surface area contributed by atoms with Gasteiger partial charge >= 0.3 is 0 Å². The molecule has 17 atom stereocenters. The molecule has 108 heavy (non-hydrogen) atoms. The van der Waals surface area contributed by atoms with Crippen molar-refractivity contribution < 1.29 is 89.4 Å². The number of aliphatic hydroxyl groups excluding tert-OH is 11. The summed E-state index contributed by atoms with van der Waals surface area (Å²) in [6, 6.07) is -0.989. The zero-order valence-electron chi connectivity index (χ0n) is 68.9. The number of amides is 1. The molecule has 0 bridgehead atoms. The van der Waals surface area contributed by atoms with Gasteiger partial charge in [0.1, 0.15) is 73.2 Å². The Balaban J connectivity index is 1.29. The number of unbranched alkanes of at least 4 members (excludes halogenated alkanes) is 57. The number of hydrogen-bond acceptors (Lipinski definition) is 18. The van der Waals surface area contributed by atoms with Gasteiger partial charge < -0.3 is 89.9 Å². The van der Waals surface area contributed by atoms with Gasteiger partial charge in [-0.05, 0) is 32.1 Å². The molecule has 12 N–H and O–H groups in total. The first-order valence-electron chi connectivity index (χ1n) is 45.6. The molecule has 3 aliphatic rings. The lowest BCUT2D eigenvalue weighted by atomic mass is 9.96. The second kappa shape index (κ2) is 69.6. The van der Waals surface area contributed by atoms with Gasteiger partial charge in [0, 0.05) is 6.42 Å². The van der Waals surface area contributed by atoms with Crippen molar-refractivity contribution >= 4 is 5.91 Å².